The van der Waals surface area contributed by atoms with Crippen molar-refractivity contribution in [1.29, 1.82) is 0 Å². The summed E-state index contributed by atoms with van der Waals surface area (Å²) in [7, 11) is 0. The quantitative estimate of drug-likeness (QED) is 0.564. The first-order valence-corrected chi connectivity index (χ1v) is 6.66. The van der Waals surface area contributed by atoms with Gasteiger partial charge >= 0.3 is 5.97 Å². The third-order valence-electron chi connectivity index (χ3n) is 2.91. The first-order valence-electron chi connectivity index (χ1n) is 6.66. The molecular formula is C16H19NO3. The number of unbranched alkanes of at least 4 members (excludes halogenated alkanes) is 2. The second-order valence-corrected chi connectivity index (χ2v) is 4.51. The van der Waals surface area contributed by atoms with Gasteiger partial charge in [-0.1, -0.05) is 12.1 Å². The van der Waals surface area contributed by atoms with Gasteiger partial charge in [0.25, 0.3) is 0 Å². The highest BCUT2D eigenvalue weighted by Crippen LogP contribution is 2.05. The summed E-state index contributed by atoms with van der Waals surface area (Å²) in [5.74, 6) is 1.64. The molecule has 0 fully saturated rings. The number of carboxylic acid groups (broad SMARTS) is 1. The van der Waals surface area contributed by atoms with Crippen LogP contribution in [0.2, 0.25) is 0 Å². The summed E-state index contributed by atoms with van der Waals surface area (Å²) in [6.45, 7) is 0.556. The Morgan fingerprint density at radius 1 is 1.20 bits per heavy atom. The largest absolute Gasteiger partial charge is 0.478 e. The fraction of sp³-hybridized carbons (Fsp3) is 0.375. The van der Waals surface area contributed by atoms with Crippen LogP contribution in [0.5, 0.6) is 0 Å². The Labute approximate surface area is 119 Å². The molecule has 0 spiro atoms. The Bertz CT molecular complexity index is 485. The number of carbonyl (C=O) groups is 2. The van der Waals surface area contributed by atoms with Gasteiger partial charge in [-0.3, -0.25) is 4.79 Å². The van der Waals surface area contributed by atoms with E-state index < -0.39 is 5.97 Å². The van der Waals surface area contributed by atoms with E-state index in [1.165, 1.54) is 0 Å². The standard InChI is InChI=1S/C16H19NO3/c1-2-3-4-5-6-15(18)17-12-11-13-7-9-14(10-8-13)16(19)20/h1,7-10H,3-6,11-12H2,(H,17,18)(H,19,20). The van der Waals surface area contributed by atoms with Crippen LogP contribution in [0, 0.1) is 12.3 Å². The topological polar surface area (TPSA) is 66.4 Å². The van der Waals surface area contributed by atoms with Crippen LogP contribution in [0.3, 0.4) is 0 Å². The second kappa shape index (κ2) is 8.76. The van der Waals surface area contributed by atoms with Crippen LogP contribution in [-0.4, -0.2) is 23.5 Å². The molecule has 0 aliphatic heterocycles. The third kappa shape index (κ3) is 6.05. The summed E-state index contributed by atoms with van der Waals surface area (Å²) in [4.78, 5) is 22.2. The number of amides is 1. The number of hydrogen-bond acceptors (Lipinski definition) is 2. The summed E-state index contributed by atoms with van der Waals surface area (Å²) >= 11 is 0. The third-order valence-corrected chi connectivity index (χ3v) is 2.91. The molecule has 4 nitrogen and oxygen atoms in total. The highest BCUT2D eigenvalue weighted by atomic mass is 16.4. The van der Waals surface area contributed by atoms with Gasteiger partial charge in [0, 0.05) is 19.4 Å². The zero-order chi connectivity index (χ0) is 14.8. The molecule has 1 amide bonds. The van der Waals surface area contributed by atoms with E-state index in [0.717, 1.165) is 18.4 Å². The van der Waals surface area contributed by atoms with E-state index in [2.05, 4.69) is 11.2 Å². The van der Waals surface area contributed by atoms with Gasteiger partial charge in [-0.2, -0.15) is 0 Å². The van der Waals surface area contributed by atoms with Crippen LogP contribution in [0.15, 0.2) is 24.3 Å². The molecule has 0 atom stereocenters. The molecule has 0 aliphatic carbocycles. The molecule has 1 aromatic rings. The Kier molecular flexibility index (Phi) is 6.91. The van der Waals surface area contributed by atoms with Gasteiger partial charge in [0.1, 0.15) is 0 Å². The van der Waals surface area contributed by atoms with E-state index in [1.54, 1.807) is 24.3 Å². The zero-order valence-corrected chi connectivity index (χ0v) is 11.4. The number of carboxylic acids is 1. The predicted octanol–water partition coefficient (Wildman–Crippen LogP) is 2.24. The molecule has 0 heterocycles. The lowest BCUT2D eigenvalue weighted by atomic mass is 10.1. The molecule has 0 bridgehead atoms. The van der Waals surface area contributed by atoms with Crippen molar-refractivity contribution in [1.82, 2.24) is 5.32 Å². The Morgan fingerprint density at radius 3 is 2.50 bits per heavy atom. The number of hydrogen-bond donors (Lipinski definition) is 2. The molecule has 0 saturated carbocycles. The summed E-state index contributed by atoms with van der Waals surface area (Å²) in [5, 5.41) is 11.6. The van der Waals surface area contributed by atoms with Crippen molar-refractivity contribution < 1.29 is 14.7 Å². The smallest absolute Gasteiger partial charge is 0.335 e. The second-order valence-electron chi connectivity index (χ2n) is 4.51. The van der Waals surface area contributed by atoms with Crippen LogP contribution in [-0.2, 0) is 11.2 Å². The lowest BCUT2D eigenvalue weighted by Gasteiger charge is -2.05. The molecule has 0 aliphatic rings. The maximum atomic E-state index is 11.5. The number of carbonyl (C=O) groups excluding carboxylic acids is 1. The van der Waals surface area contributed by atoms with Gasteiger partial charge in [0.05, 0.1) is 5.56 Å². The van der Waals surface area contributed by atoms with E-state index >= 15 is 0 Å². The maximum absolute atomic E-state index is 11.5. The molecular weight excluding hydrogens is 254 g/mol. The molecule has 1 aromatic carbocycles. The van der Waals surface area contributed by atoms with Crippen molar-refractivity contribution in [2.24, 2.45) is 0 Å². The van der Waals surface area contributed by atoms with Crippen LogP contribution in [0.1, 0.15) is 41.6 Å². The van der Waals surface area contributed by atoms with Gasteiger partial charge in [0.2, 0.25) is 5.91 Å². The van der Waals surface area contributed by atoms with Crippen molar-refractivity contribution in [2.75, 3.05) is 6.54 Å². The highest BCUT2D eigenvalue weighted by Gasteiger charge is 2.03. The fourth-order valence-electron chi connectivity index (χ4n) is 1.76. The first-order chi connectivity index (χ1) is 9.63. The maximum Gasteiger partial charge on any atom is 0.335 e. The van der Waals surface area contributed by atoms with Crippen molar-refractivity contribution in [2.45, 2.75) is 32.1 Å². The van der Waals surface area contributed by atoms with E-state index in [-0.39, 0.29) is 11.5 Å². The van der Waals surface area contributed by atoms with Crippen LogP contribution < -0.4 is 5.32 Å². The average molecular weight is 273 g/mol. The molecule has 1 rings (SSSR count). The van der Waals surface area contributed by atoms with Crippen LogP contribution in [0.25, 0.3) is 0 Å². The molecule has 0 radical (unpaired) electrons. The zero-order valence-electron chi connectivity index (χ0n) is 11.4. The van der Waals surface area contributed by atoms with Crippen LogP contribution in [0.4, 0.5) is 0 Å². The van der Waals surface area contributed by atoms with E-state index in [0.29, 0.717) is 25.8 Å². The molecule has 106 valence electrons. The fourth-order valence-corrected chi connectivity index (χ4v) is 1.76. The van der Waals surface area contributed by atoms with Crippen molar-refractivity contribution in [3.63, 3.8) is 0 Å². The predicted molar refractivity (Wildman–Crippen MR) is 77.4 cm³/mol. The number of terminal acetylenes is 1. The minimum absolute atomic E-state index is 0.0316. The van der Waals surface area contributed by atoms with Gasteiger partial charge < -0.3 is 10.4 Å². The number of nitrogens with one attached hydrogen (secondary N) is 1. The molecule has 0 saturated heterocycles. The number of benzene rings is 1. The Balaban J connectivity index is 2.22. The minimum atomic E-state index is -0.933. The van der Waals surface area contributed by atoms with Crippen molar-refractivity contribution in [3.05, 3.63) is 35.4 Å². The van der Waals surface area contributed by atoms with Crippen LogP contribution >= 0.6 is 0 Å². The molecule has 20 heavy (non-hydrogen) atoms. The highest BCUT2D eigenvalue weighted by molar-refractivity contribution is 5.87. The van der Waals surface area contributed by atoms with E-state index in [1.807, 2.05) is 0 Å². The molecule has 0 aromatic heterocycles. The van der Waals surface area contributed by atoms with E-state index in [9.17, 15) is 9.59 Å². The molecule has 2 N–H and O–H groups in total. The van der Waals surface area contributed by atoms with Gasteiger partial charge in [-0.15, -0.1) is 12.3 Å². The number of rotatable bonds is 8. The monoisotopic (exact) mass is 273 g/mol. The van der Waals surface area contributed by atoms with Crippen molar-refractivity contribution in [3.8, 4) is 12.3 Å². The Morgan fingerprint density at radius 2 is 1.90 bits per heavy atom. The number of aromatic carboxylic acids is 1. The minimum Gasteiger partial charge on any atom is -0.478 e. The summed E-state index contributed by atoms with van der Waals surface area (Å²) < 4.78 is 0. The van der Waals surface area contributed by atoms with Gasteiger partial charge in [0.15, 0.2) is 0 Å². The lowest BCUT2D eigenvalue weighted by Crippen LogP contribution is -2.25. The normalized spacial score (nSPS) is 9.75. The molecule has 4 heteroatoms. The van der Waals surface area contributed by atoms with E-state index in [4.69, 9.17) is 11.5 Å². The summed E-state index contributed by atoms with van der Waals surface area (Å²) in [6, 6.07) is 6.67. The average Bonchev–Trinajstić information content (AvgIpc) is 2.44. The molecule has 0 unspecified atom stereocenters. The van der Waals surface area contributed by atoms with Crippen molar-refractivity contribution >= 4 is 11.9 Å². The summed E-state index contributed by atoms with van der Waals surface area (Å²) in [5.41, 5.74) is 1.27. The summed E-state index contributed by atoms with van der Waals surface area (Å²) in [6.07, 6.45) is 8.72. The Hall–Kier alpha value is -2.28. The SMILES string of the molecule is C#CCCCCC(=O)NCCc1ccc(C(=O)O)cc1. The first kappa shape index (κ1) is 15.8. The van der Waals surface area contributed by atoms with Gasteiger partial charge in [-0.25, -0.2) is 4.79 Å². The lowest BCUT2D eigenvalue weighted by molar-refractivity contribution is -0.121. The van der Waals surface area contributed by atoms with Gasteiger partial charge in [-0.05, 0) is 37.0 Å².